The molecule has 2 aliphatic rings. The second-order valence-corrected chi connectivity index (χ2v) is 10.5. The van der Waals surface area contributed by atoms with Crippen molar-refractivity contribution in [2.24, 2.45) is 5.73 Å². The first-order valence-corrected chi connectivity index (χ1v) is 13.8. The molecule has 3 aromatic rings. The molecule has 0 bridgehead atoms. The number of amides is 2. The van der Waals surface area contributed by atoms with Gasteiger partial charge in [-0.15, -0.1) is 6.42 Å². The lowest BCUT2D eigenvalue weighted by Crippen LogP contribution is -2.60. The molecule has 1 aromatic carbocycles. The van der Waals surface area contributed by atoms with Crippen molar-refractivity contribution in [3.8, 4) is 12.3 Å². The number of nitrogens with zero attached hydrogens (tertiary/aromatic N) is 4. The molecule has 5 rings (SSSR count). The fraction of sp³-hybridized carbons (Fsp3) is 0.400. The van der Waals surface area contributed by atoms with Crippen LogP contribution in [0.1, 0.15) is 65.0 Å². The van der Waals surface area contributed by atoms with Gasteiger partial charge in [0, 0.05) is 53.1 Å². The Balaban J connectivity index is 1.32. The summed E-state index contributed by atoms with van der Waals surface area (Å²) in [7, 11) is 0. The SMILES string of the molecule is C#Cc1ccc(C2CCc3c(nc4cc(C(=O)N5CCN(C(=O)OCCCC)[C@H](N)C5)ccc4c3Cl)C2)nc1. The van der Waals surface area contributed by atoms with Crippen LogP contribution in [0, 0.1) is 12.3 Å². The summed E-state index contributed by atoms with van der Waals surface area (Å²) in [5.41, 5.74) is 11.2. The Morgan fingerprint density at radius 2 is 2.10 bits per heavy atom. The third-order valence-corrected chi connectivity index (χ3v) is 8.00. The summed E-state index contributed by atoms with van der Waals surface area (Å²) in [5.74, 6) is 2.67. The highest BCUT2D eigenvalue weighted by Crippen LogP contribution is 2.38. The summed E-state index contributed by atoms with van der Waals surface area (Å²) < 4.78 is 5.29. The monoisotopic (exact) mass is 545 g/mol. The van der Waals surface area contributed by atoms with Gasteiger partial charge in [0.25, 0.3) is 5.91 Å². The number of pyridine rings is 2. The van der Waals surface area contributed by atoms with Crippen LogP contribution in [0.5, 0.6) is 0 Å². The van der Waals surface area contributed by atoms with E-state index in [2.05, 4.69) is 10.9 Å². The maximum absolute atomic E-state index is 13.4. The largest absolute Gasteiger partial charge is 0.449 e. The number of hydrogen-bond donors (Lipinski definition) is 1. The van der Waals surface area contributed by atoms with Crippen LogP contribution in [0.25, 0.3) is 10.9 Å². The van der Waals surface area contributed by atoms with E-state index >= 15 is 0 Å². The predicted octanol–water partition coefficient (Wildman–Crippen LogP) is 4.52. The van der Waals surface area contributed by atoms with Crippen molar-refractivity contribution in [2.45, 2.75) is 51.1 Å². The highest BCUT2D eigenvalue weighted by molar-refractivity contribution is 6.36. The van der Waals surface area contributed by atoms with Gasteiger partial charge in [-0.05, 0) is 55.5 Å². The average Bonchev–Trinajstić information content (AvgIpc) is 2.96. The van der Waals surface area contributed by atoms with E-state index in [1.165, 1.54) is 4.90 Å². The number of hydrogen-bond acceptors (Lipinski definition) is 6. The van der Waals surface area contributed by atoms with Crippen LogP contribution < -0.4 is 5.73 Å². The van der Waals surface area contributed by atoms with E-state index in [1.807, 2.05) is 25.1 Å². The number of fused-ring (bicyclic) bond motifs is 2. The summed E-state index contributed by atoms with van der Waals surface area (Å²) >= 11 is 6.84. The van der Waals surface area contributed by atoms with Gasteiger partial charge in [-0.3, -0.25) is 19.7 Å². The van der Waals surface area contributed by atoms with Crippen molar-refractivity contribution in [1.82, 2.24) is 19.8 Å². The lowest BCUT2D eigenvalue weighted by atomic mass is 9.84. The smallest absolute Gasteiger partial charge is 0.411 e. The second-order valence-electron chi connectivity index (χ2n) is 10.1. The number of ether oxygens (including phenoxy) is 1. The molecule has 9 heteroatoms. The van der Waals surface area contributed by atoms with Gasteiger partial charge in [-0.25, -0.2) is 4.79 Å². The molecule has 1 aliphatic heterocycles. The number of carbonyl (C=O) groups is 2. The molecule has 8 nitrogen and oxygen atoms in total. The van der Waals surface area contributed by atoms with E-state index in [0.717, 1.165) is 60.0 Å². The molecule has 1 fully saturated rings. The van der Waals surface area contributed by atoms with Crippen molar-refractivity contribution in [3.63, 3.8) is 0 Å². The van der Waals surface area contributed by atoms with Gasteiger partial charge in [-0.1, -0.05) is 36.9 Å². The Hall–Kier alpha value is -3.67. The van der Waals surface area contributed by atoms with E-state index < -0.39 is 12.3 Å². The normalized spacial score (nSPS) is 18.9. The molecule has 3 heterocycles. The van der Waals surface area contributed by atoms with Gasteiger partial charge in [-0.2, -0.15) is 0 Å². The molecule has 0 radical (unpaired) electrons. The van der Waals surface area contributed by atoms with Crippen LogP contribution in [0.3, 0.4) is 0 Å². The molecule has 2 aromatic heterocycles. The van der Waals surface area contributed by atoms with Crippen molar-refractivity contribution >= 4 is 34.5 Å². The van der Waals surface area contributed by atoms with E-state index in [1.54, 1.807) is 23.2 Å². The fourth-order valence-corrected chi connectivity index (χ4v) is 5.66. The van der Waals surface area contributed by atoms with E-state index in [9.17, 15) is 9.59 Å². The third-order valence-electron chi connectivity index (χ3n) is 7.57. The zero-order valence-electron chi connectivity index (χ0n) is 22.0. The van der Waals surface area contributed by atoms with Crippen LogP contribution in [-0.2, 0) is 17.6 Å². The first kappa shape index (κ1) is 26.9. The molecule has 0 saturated carbocycles. The Bertz CT molecular complexity index is 1440. The molecular formula is C30H32ClN5O3. The van der Waals surface area contributed by atoms with Gasteiger partial charge in [0.05, 0.1) is 23.7 Å². The van der Waals surface area contributed by atoms with Crippen LogP contribution in [0.4, 0.5) is 4.79 Å². The maximum atomic E-state index is 13.4. The van der Waals surface area contributed by atoms with Crippen LogP contribution in [0.2, 0.25) is 5.02 Å². The van der Waals surface area contributed by atoms with Crippen LogP contribution >= 0.6 is 11.6 Å². The van der Waals surface area contributed by atoms with Gasteiger partial charge >= 0.3 is 6.09 Å². The molecular weight excluding hydrogens is 514 g/mol. The van der Waals surface area contributed by atoms with Crippen molar-refractivity contribution in [2.75, 3.05) is 26.2 Å². The van der Waals surface area contributed by atoms with Gasteiger partial charge in [0.2, 0.25) is 0 Å². The number of carbonyl (C=O) groups excluding carboxylic acids is 2. The van der Waals surface area contributed by atoms with Crippen molar-refractivity contribution in [3.05, 3.63) is 69.6 Å². The summed E-state index contributed by atoms with van der Waals surface area (Å²) in [6, 6.07) is 9.34. The number of nitrogens with two attached hydrogens (primary N) is 1. The molecule has 0 spiro atoms. The Kier molecular flexibility index (Phi) is 8.01. The quantitative estimate of drug-likeness (QED) is 0.374. The van der Waals surface area contributed by atoms with E-state index in [4.69, 9.17) is 33.5 Å². The van der Waals surface area contributed by atoms with Crippen molar-refractivity contribution in [1.29, 1.82) is 0 Å². The Labute approximate surface area is 233 Å². The topological polar surface area (TPSA) is 102 Å². The average molecular weight is 546 g/mol. The minimum Gasteiger partial charge on any atom is -0.449 e. The minimum atomic E-state index is -0.628. The minimum absolute atomic E-state index is 0.155. The predicted molar refractivity (Wildman–Crippen MR) is 151 cm³/mol. The summed E-state index contributed by atoms with van der Waals surface area (Å²) in [5, 5.41) is 1.53. The standard InChI is InChI=1S/C30H32ClN5O3/c1-3-5-14-39-30(38)36-13-12-35(18-27(36)32)29(37)21-8-10-23-26(16-21)34-25-15-20(7-9-22(25)28(23)31)24-11-6-19(4-2)17-33-24/h2,6,8,10-11,16-17,20,27H,3,5,7,9,12-15,18,32H2,1H3/t20?,27-/m0/s1. The lowest BCUT2D eigenvalue weighted by Gasteiger charge is -2.38. The number of halogens is 1. The summed E-state index contributed by atoms with van der Waals surface area (Å²) in [4.78, 5) is 38.4. The van der Waals surface area contributed by atoms with Gasteiger partial charge < -0.3 is 15.4 Å². The summed E-state index contributed by atoms with van der Waals surface area (Å²) in [6.07, 6.45) is 10.3. The number of benzene rings is 1. The third kappa shape index (κ3) is 5.56. The molecule has 2 N–H and O–H groups in total. The van der Waals surface area contributed by atoms with E-state index in [0.29, 0.717) is 35.8 Å². The highest BCUT2D eigenvalue weighted by Gasteiger charge is 2.32. The molecule has 2 atom stereocenters. The molecule has 1 unspecified atom stereocenters. The number of piperazine rings is 1. The fourth-order valence-electron chi connectivity index (χ4n) is 5.30. The van der Waals surface area contributed by atoms with Gasteiger partial charge in [0.15, 0.2) is 0 Å². The van der Waals surface area contributed by atoms with Gasteiger partial charge in [0.1, 0.15) is 6.17 Å². The number of rotatable bonds is 5. The zero-order valence-corrected chi connectivity index (χ0v) is 22.8. The first-order valence-electron chi connectivity index (χ1n) is 13.4. The van der Waals surface area contributed by atoms with Crippen molar-refractivity contribution < 1.29 is 14.3 Å². The van der Waals surface area contributed by atoms with Crippen LogP contribution in [-0.4, -0.2) is 64.2 Å². The van der Waals surface area contributed by atoms with E-state index in [-0.39, 0.29) is 18.4 Å². The lowest BCUT2D eigenvalue weighted by molar-refractivity contribution is 0.0386. The Morgan fingerprint density at radius 3 is 2.82 bits per heavy atom. The molecule has 202 valence electrons. The second kappa shape index (κ2) is 11.6. The maximum Gasteiger partial charge on any atom is 0.411 e. The first-order chi connectivity index (χ1) is 18.9. The molecule has 1 aliphatic carbocycles. The molecule has 1 saturated heterocycles. The number of terminal acetylenes is 1. The zero-order chi connectivity index (χ0) is 27.5. The Morgan fingerprint density at radius 1 is 1.26 bits per heavy atom. The molecule has 39 heavy (non-hydrogen) atoms. The summed E-state index contributed by atoms with van der Waals surface area (Å²) in [6.45, 7) is 3.32. The number of aromatic nitrogens is 2. The number of unbranched alkanes of at least 4 members (excludes halogenated alkanes) is 1. The highest BCUT2D eigenvalue weighted by atomic mass is 35.5. The molecule has 2 amide bonds. The van der Waals surface area contributed by atoms with Crippen LogP contribution in [0.15, 0.2) is 36.5 Å².